The van der Waals surface area contributed by atoms with Crippen molar-refractivity contribution < 1.29 is 9.53 Å². The normalized spacial score (nSPS) is 16.5. The van der Waals surface area contributed by atoms with Gasteiger partial charge in [-0.25, -0.2) is 4.79 Å². The van der Waals surface area contributed by atoms with Crippen molar-refractivity contribution in [3.05, 3.63) is 76.3 Å². The Morgan fingerprint density at radius 1 is 1.00 bits per heavy atom. The fourth-order valence-electron chi connectivity index (χ4n) is 2.54. The van der Waals surface area contributed by atoms with Gasteiger partial charge in [-0.3, -0.25) is 0 Å². The summed E-state index contributed by atoms with van der Waals surface area (Å²) < 4.78 is 5.56. The number of esters is 1. The van der Waals surface area contributed by atoms with Crippen molar-refractivity contribution in [2.24, 2.45) is 0 Å². The maximum atomic E-state index is 12.3. The fraction of sp³-hybridized carbons (Fsp3) is 0.167. The minimum Gasteiger partial charge on any atom is -0.452 e. The Kier molecular flexibility index (Phi) is 3.34. The Morgan fingerprint density at radius 3 is 2.43 bits per heavy atom. The first-order valence-corrected chi connectivity index (χ1v) is 7.16. The molecule has 3 rings (SSSR count). The van der Waals surface area contributed by atoms with Crippen LogP contribution in [-0.2, 0) is 4.74 Å². The summed E-state index contributed by atoms with van der Waals surface area (Å²) in [7, 11) is 0. The molecular weight excluding hydrogens is 284 g/mol. The molecule has 0 saturated heterocycles. The van der Waals surface area contributed by atoms with Crippen molar-refractivity contribution in [3.63, 3.8) is 0 Å². The van der Waals surface area contributed by atoms with Gasteiger partial charge in [-0.15, -0.1) is 0 Å². The predicted octanol–water partition coefficient (Wildman–Crippen LogP) is 4.72. The van der Waals surface area contributed by atoms with E-state index in [-0.39, 0.29) is 5.97 Å². The lowest BCUT2D eigenvalue weighted by molar-refractivity contribution is 0.0181. The van der Waals surface area contributed by atoms with E-state index in [9.17, 15) is 4.79 Å². The highest BCUT2D eigenvalue weighted by Gasteiger charge is 2.29. The summed E-state index contributed by atoms with van der Waals surface area (Å²) in [5.74, 6) is -0.302. The monoisotopic (exact) mass is 298 g/mol. The number of hydrogen-bond donors (Lipinski definition) is 0. The van der Waals surface area contributed by atoms with Crippen molar-refractivity contribution in [2.45, 2.75) is 19.4 Å². The summed E-state index contributed by atoms with van der Waals surface area (Å²) in [6.45, 7) is 3.75. The Bertz CT molecular complexity index is 744. The quantitative estimate of drug-likeness (QED) is 0.712. The van der Waals surface area contributed by atoms with Crippen molar-refractivity contribution in [1.82, 2.24) is 0 Å². The van der Waals surface area contributed by atoms with Crippen LogP contribution >= 0.6 is 11.6 Å². The third-order valence-corrected chi connectivity index (χ3v) is 3.66. The molecule has 0 aliphatic carbocycles. The molecule has 0 amide bonds. The minimum atomic E-state index is -0.673. The largest absolute Gasteiger partial charge is 0.452 e. The molecule has 2 aromatic carbocycles. The average molecular weight is 299 g/mol. The Hall–Kier alpha value is -2.06. The lowest BCUT2D eigenvalue weighted by atomic mass is 9.91. The molecule has 1 aliphatic rings. The molecule has 0 fully saturated rings. The van der Waals surface area contributed by atoms with E-state index < -0.39 is 5.60 Å². The van der Waals surface area contributed by atoms with E-state index in [1.54, 1.807) is 6.07 Å². The number of rotatable bonds is 1. The van der Waals surface area contributed by atoms with Crippen LogP contribution in [0.4, 0.5) is 0 Å². The predicted molar refractivity (Wildman–Crippen MR) is 84.5 cm³/mol. The fourth-order valence-corrected chi connectivity index (χ4v) is 2.73. The lowest BCUT2D eigenvalue weighted by Gasteiger charge is -2.20. The molecule has 0 aromatic heterocycles. The van der Waals surface area contributed by atoms with Gasteiger partial charge in [0, 0.05) is 5.02 Å². The first-order valence-electron chi connectivity index (χ1n) is 6.78. The van der Waals surface area contributed by atoms with Crippen LogP contribution < -0.4 is 0 Å². The SMILES string of the molecule is CC1(C)C=C(c2cccc(Cl)c2)c2ccccc2C(=O)O1. The lowest BCUT2D eigenvalue weighted by Crippen LogP contribution is -2.24. The van der Waals surface area contributed by atoms with Crippen molar-refractivity contribution in [1.29, 1.82) is 0 Å². The third kappa shape index (κ3) is 2.72. The summed E-state index contributed by atoms with van der Waals surface area (Å²) in [6.07, 6.45) is 1.97. The second-order valence-corrected chi connectivity index (χ2v) is 6.04. The van der Waals surface area contributed by atoms with E-state index >= 15 is 0 Å². The molecule has 3 heteroatoms. The number of carbonyl (C=O) groups is 1. The molecule has 0 saturated carbocycles. The van der Waals surface area contributed by atoms with Gasteiger partial charge in [0.25, 0.3) is 0 Å². The number of fused-ring (bicyclic) bond motifs is 1. The van der Waals surface area contributed by atoms with Gasteiger partial charge >= 0.3 is 5.97 Å². The third-order valence-electron chi connectivity index (χ3n) is 3.42. The zero-order chi connectivity index (χ0) is 15.0. The molecule has 0 bridgehead atoms. The number of hydrogen-bond acceptors (Lipinski definition) is 2. The molecule has 0 N–H and O–H groups in total. The molecule has 0 atom stereocenters. The number of halogens is 1. The molecule has 106 valence electrons. The molecule has 0 unspecified atom stereocenters. The molecule has 1 aliphatic heterocycles. The summed E-state index contributed by atoms with van der Waals surface area (Å²) in [4.78, 5) is 12.3. The van der Waals surface area contributed by atoms with E-state index in [1.165, 1.54) is 0 Å². The Balaban J connectivity index is 2.27. The van der Waals surface area contributed by atoms with E-state index in [1.807, 2.05) is 62.4 Å². The van der Waals surface area contributed by atoms with Gasteiger partial charge in [0.1, 0.15) is 5.60 Å². The van der Waals surface area contributed by atoms with Crippen molar-refractivity contribution >= 4 is 23.1 Å². The van der Waals surface area contributed by atoms with E-state index in [4.69, 9.17) is 16.3 Å². The average Bonchev–Trinajstić information content (AvgIpc) is 2.54. The number of ether oxygens (including phenoxy) is 1. The Morgan fingerprint density at radius 2 is 1.71 bits per heavy atom. The first kappa shape index (κ1) is 13.9. The summed E-state index contributed by atoms with van der Waals surface area (Å²) in [5, 5.41) is 0.667. The minimum absolute atomic E-state index is 0.302. The van der Waals surface area contributed by atoms with Gasteiger partial charge in [-0.2, -0.15) is 0 Å². The second-order valence-electron chi connectivity index (χ2n) is 5.61. The van der Waals surface area contributed by atoms with Gasteiger partial charge < -0.3 is 4.74 Å². The van der Waals surface area contributed by atoms with Gasteiger partial charge in [0.05, 0.1) is 5.56 Å². The van der Waals surface area contributed by atoms with Gasteiger partial charge in [-0.1, -0.05) is 41.9 Å². The van der Waals surface area contributed by atoms with Crippen LogP contribution in [0.2, 0.25) is 5.02 Å². The van der Waals surface area contributed by atoms with E-state index in [0.717, 1.165) is 16.7 Å². The second kappa shape index (κ2) is 5.05. The summed E-state index contributed by atoms with van der Waals surface area (Å²) >= 11 is 6.11. The van der Waals surface area contributed by atoms with Crippen LogP contribution in [0.15, 0.2) is 54.6 Å². The van der Waals surface area contributed by atoms with Crippen LogP contribution in [0.1, 0.15) is 35.3 Å². The first-order chi connectivity index (χ1) is 9.96. The van der Waals surface area contributed by atoms with E-state index in [0.29, 0.717) is 10.6 Å². The number of benzene rings is 2. The van der Waals surface area contributed by atoms with Crippen LogP contribution in [-0.4, -0.2) is 11.6 Å². The van der Waals surface area contributed by atoms with Gasteiger partial charge in [-0.05, 0) is 54.8 Å². The maximum Gasteiger partial charge on any atom is 0.339 e. The molecular formula is C18H15ClO2. The molecule has 0 radical (unpaired) electrons. The molecule has 21 heavy (non-hydrogen) atoms. The molecule has 2 aromatic rings. The number of carbonyl (C=O) groups excluding carboxylic acids is 1. The van der Waals surface area contributed by atoms with Gasteiger partial charge in [0.15, 0.2) is 0 Å². The van der Waals surface area contributed by atoms with Gasteiger partial charge in [0.2, 0.25) is 0 Å². The van der Waals surface area contributed by atoms with Crippen LogP contribution in [0.25, 0.3) is 5.57 Å². The van der Waals surface area contributed by atoms with Crippen LogP contribution in [0, 0.1) is 0 Å². The molecule has 2 nitrogen and oxygen atoms in total. The van der Waals surface area contributed by atoms with E-state index in [2.05, 4.69) is 0 Å². The van der Waals surface area contributed by atoms with Crippen molar-refractivity contribution in [2.75, 3.05) is 0 Å². The number of cyclic esters (lactones) is 1. The highest BCUT2D eigenvalue weighted by molar-refractivity contribution is 6.30. The summed E-state index contributed by atoms with van der Waals surface area (Å²) in [5.41, 5.74) is 2.71. The standard InChI is InChI=1S/C18H15ClO2/c1-18(2)11-16(12-6-5-7-13(19)10-12)14-8-3-4-9-15(14)17(20)21-18/h3-11H,1-2H3. The topological polar surface area (TPSA) is 26.3 Å². The van der Waals surface area contributed by atoms with Crippen LogP contribution in [0.3, 0.4) is 0 Å². The van der Waals surface area contributed by atoms with Crippen LogP contribution in [0.5, 0.6) is 0 Å². The van der Waals surface area contributed by atoms with Crippen molar-refractivity contribution in [3.8, 4) is 0 Å². The molecule has 1 heterocycles. The Labute approximate surface area is 129 Å². The highest BCUT2D eigenvalue weighted by Crippen LogP contribution is 2.34. The maximum absolute atomic E-state index is 12.3. The zero-order valence-corrected chi connectivity index (χ0v) is 12.6. The molecule has 0 spiro atoms. The smallest absolute Gasteiger partial charge is 0.339 e. The zero-order valence-electron chi connectivity index (χ0n) is 11.9. The summed E-state index contributed by atoms with van der Waals surface area (Å²) in [6, 6.07) is 15.1. The highest BCUT2D eigenvalue weighted by atomic mass is 35.5.